The molecule has 0 aromatic carbocycles. The van der Waals surface area contributed by atoms with E-state index in [2.05, 4.69) is 41.3 Å². The van der Waals surface area contributed by atoms with Crippen LogP contribution >= 0.6 is 24.0 Å². The minimum Gasteiger partial charge on any atom is -0.356 e. The molecule has 1 rings (SSSR count). The van der Waals surface area contributed by atoms with E-state index in [1.807, 2.05) is 7.05 Å². The molecule has 4 nitrogen and oxygen atoms in total. The summed E-state index contributed by atoms with van der Waals surface area (Å²) < 4.78 is 0. The van der Waals surface area contributed by atoms with Crippen molar-refractivity contribution in [3.05, 3.63) is 0 Å². The third-order valence-electron chi connectivity index (χ3n) is 4.18. The first-order valence-corrected chi connectivity index (χ1v) is 8.82. The SMILES string of the molecule is CCCCNC(=NC)NCCCCN1CC(C)CC(C)C1.I. The molecule has 0 radical (unpaired) electrons. The first-order valence-electron chi connectivity index (χ1n) is 8.82. The Balaban J connectivity index is 0.00000441. The zero-order chi connectivity index (χ0) is 15.5. The molecule has 132 valence electrons. The Labute approximate surface area is 154 Å². The van der Waals surface area contributed by atoms with Crippen molar-refractivity contribution >= 4 is 29.9 Å². The lowest BCUT2D eigenvalue weighted by Gasteiger charge is -2.34. The molecule has 0 aromatic heterocycles. The van der Waals surface area contributed by atoms with Gasteiger partial charge in [-0.3, -0.25) is 4.99 Å². The standard InChI is InChI=1S/C17H36N4.HI/c1-5-6-9-19-17(18-4)20-10-7-8-11-21-13-15(2)12-16(3)14-21;/h15-16H,5-14H2,1-4H3,(H2,18,19,20);1H. The summed E-state index contributed by atoms with van der Waals surface area (Å²) in [6.45, 7) is 12.8. The number of hydrogen-bond donors (Lipinski definition) is 2. The molecule has 0 bridgehead atoms. The minimum absolute atomic E-state index is 0. The fourth-order valence-corrected chi connectivity index (χ4v) is 3.25. The lowest BCUT2D eigenvalue weighted by atomic mass is 9.92. The molecule has 0 aromatic rings. The molecule has 1 heterocycles. The lowest BCUT2D eigenvalue weighted by Crippen LogP contribution is -2.40. The van der Waals surface area contributed by atoms with Crippen LogP contribution in [-0.4, -0.2) is 50.6 Å². The Morgan fingerprint density at radius 1 is 1.05 bits per heavy atom. The number of guanidine groups is 1. The van der Waals surface area contributed by atoms with Crippen molar-refractivity contribution in [2.45, 2.75) is 52.9 Å². The van der Waals surface area contributed by atoms with Crippen molar-refractivity contribution in [3.8, 4) is 0 Å². The molecule has 1 fully saturated rings. The maximum absolute atomic E-state index is 4.25. The monoisotopic (exact) mass is 424 g/mol. The highest BCUT2D eigenvalue weighted by molar-refractivity contribution is 14.0. The zero-order valence-corrected chi connectivity index (χ0v) is 17.4. The predicted molar refractivity (Wildman–Crippen MR) is 108 cm³/mol. The van der Waals surface area contributed by atoms with Gasteiger partial charge in [0, 0.05) is 33.2 Å². The van der Waals surface area contributed by atoms with E-state index in [4.69, 9.17) is 0 Å². The van der Waals surface area contributed by atoms with Crippen molar-refractivity contribution in [1.29, 1.82) is 0 Å². The van der Waals surface area contributed by atoms with Crippen LogP contribution in [0.2, 0.25) is 0 Å². The highest BCUT2D eigenvalue weighted by atomic mass is 127. The van der Waals surface area contributed by atoms with Crippen LogP contribution in [0.1, 0.15) is 52.9 Å². The molecule has 22 heavy (non-hydrogen) atoms. The summed E-state index contributed by atoms with van der Waals surface area (Å²) in [5.74, 6) is 2.69. The lowest BCUT2D eigenvalue weighted by molar-refractivity contribution is 0.139. The molecule has 5 heteroatoms. The Hall–Kier alpha value is -0.0400. The number of aliphatic imine (C=N–C) groups is 1. The number of likely N-dealkylation sites (tertiary alicyclic amines) is 1. The van der Waals surface area contributed by atoms with E-state index in [0.29, 0.717) is 0 Å². The van der Waals surface area contributed by atoms with Crippen molar-refractivity contribution in [2.75, 3.05) is 39.8 Å². The number of hydrogen-bond acceptors (Lipinski definition) is 2. The van der Waals surface area contributed by atoms with Crippen molar-refractivity contribution in [3.63, 3.8) is 0 Å². The molecule has 1 aliphatic rings. The van der Waals surface area contributed by atoms with E-state index < -0.39 is 0 Å². The van der Waals surface area contributed by atoms with Gasteiger partial charge < -0.3 is 15.5 Å². The van der Waals surface area contributed by atoms with Gasteiger partial charge in [-0.25, -0.2) is 0 Å². The molecular formula is C17H37IN4. The van der Waals surface area contributed by atoms with Gasteiger partial charge in [-0.05, 0) is 44.1 Å². The van der Waals surface area contributed by atoms with E-state index >= 15 is 0 Å². The van der Waals surface area contributed by atoms with Crippen molar-refractivity contribution < 1.29 is 0 Å². The number of nitrogens with one attached hydrogen (secondary N) is 2. The fourth-order valence-electron chi connectivity index (χ4n) is 3.25. The molecule has 2 atom stereocenters. The summed E-state index contributed by atoms with van der Waals surface area (Å²) >= 11 is 0. The molecule has 0 spiro atoms. The van der Waals surface area contributed by atoms with Crippen LogP contribution in [0.5, 0.6) is 0 Å². The molecule has 0 saturated carbocycles. The highest BCUT2D eigenvalue weighted by Crippen LogP contribution is 2.20. The quantitative estimate of drug-likeness (QED) is 0.272. The molecule has 0 amide bonds. The first-order chi connectivity index (χ1) is 10.2. The summed E-state index contributed by atoms with van der Waals surface area (Å²) in [6.07, 6.45) is 6.31. The number of nitrogens with zero attached hydrogens (tertiary/aromatic N) is 2. The second kappa shape index (κ2) is 13.4. The van der Waals surface area contributed by atoms with Crippen LogP contribution in [0.3, 0.4) is 0 Å². The van der Waals surface area contributed by atoms with E-state index in [9.17, 15) is 0 Å². The van der Waals surface area contributed by atoms with E-state index in [-0.39, 0.29) is 24.0 Å². The van der Waals surface area contributed by atoms with Crippen molar-refractivity contribution in [2.24, 2.45) is 16.8 Å². The average molecular weight is 424 g/mol. The number of unbranched alkanes of at least 4 members (excludes halogenated alkanes) is 2. The molecule has 2 N–H and O–H groups in total. The van der Waals surface area contributed by atoms with Crippen LogP contribution in [0.15, 0.2) is 4.99 Å². The maximum atomic E-state index is 4.25. The summed E-state index contributed by atoms with van der Waals surface area (Å²) in [7, 11) is 1.85. The molecule has 0 aliphatic carbocycles. The van der Waals surface area contributed by atoms with Crippen LogP contribution in [0.25, 0.3) is 0 Å². The minimum atomic E-state index is 0. The van der Waals surface area contributed by atoms with Gasteiger partial charge in [0.05, 0.1) is 0 Å². The van der Waals surface area contributed by atoms with Gasteiger partial charge in [0.2, 0.25) is 0 Å². The molecule has 2 unspecified atom stereocenters. The Kier molecular flexibility index (Phi) is 13.4. The molecule has 1 aliphatic heterocycles. The van der Waals surface area contributed by atoms with Gasteiger partial charge in [0.25, 0.3) is 0 Å². The van der Waals surface area contributed by atoms with Gasteiger partial charge in [-0.1, -0.05) is 27.2 Å². The normalized spacial score (nSPS) is 23.0. The summed E-state index contributed by atoms with van der Waals surface area (Å²) in [5, 5.41) is 6.75. The molecule has 1 saturated heterocycles. The first kappa shape index (κ1) is 22.0. The van der Waals surface area contributed by atoms with Crippen LogP contribution < -0.4 is 10.6 Å². The summed E-state index contributed by atoms with van der Waals surface area (Å²) in [6, 6.07) is 0. The van der Waals surface area contributed by atoms with Crippen LogP contribution in [0, 0.1) is 11.8 Å². The van der Waals surface area contributed by atoms with Crippen molar-refractivity contribution in [1.82, 2.24) is 15.5 Å². The second-order valence-corrected chi connectivity index (χ2v) is 6.69. The Morgan fingerprint density at radius 2 is 1.64 bits per heavy atom. The van der Waals surface area contributed by atoms with Gasteiger partial charge in [-0.15, -0.1) is 24.0 Å². The topological polar surface area (TPSA) is 39.7 Å². The zero-order valence-electron chi connectivity index (χ0n) is 15.0. The Bertz CT molecular complexity index is 286. The number of piperidine rings is 1. The number of rotatable bonds is 8. The van der Waals surface area contributed by atoms with E-state index in [1.54, 1.807) is 0 Å². The van der Waals surface area contributed by atoms with Gasteiger partial charge in [0.15, 0.2) is 5.96 Å². The van der Waals surface area contributed by atoms with Gasteiger partial charge >= 0.3 is 0 Å². The molecular weight excluding hydrogens is 387 g/mol. The third-order valence-corrected chi connectivity index (χ3v) is 4.18. The van der Waals surface area contributed by atoms with Crippen LogP contribution in [-0.2, 0) is 0 Å². The van der Waals surface area contributed by atoms with E-state index in [1.165, 1.54) is 51.7 Å². The van der Waals surface area contributed by atoms with Crippen LogP contribution in [0.4, 0.5) is 0 Å². The second-order valence-electron chi connectivity index (χ2n) is 6.69. The highest BCUT2D eigenvalue weighted by Gasteiger charge is 2.20. The maximum Gasteiger partial charge on any atom is 0.190 e. The summed E-state index contributed by atoms with van der Waals surface area (Å²) in [4.78, 5) is 6.90. The van der Waals surface area contributed by atoms with E-state index in [0.717, 1.165) is 30.9 Å². The Morgan fingerprint density at radius 3 is 2.18 bits per heavy atom. The largest absolute Gasteiger partial charge is 0.356 e. The number of halogens is 1. The fraction of sp³-hybridized carbons (Fsp3) is 0.941. The van der Waals surface area contributed by atoms with Gasteiger partial charge in [-0.2, -0.15) is 0 Å². The third kappa shape index (κ3) is 9.87. The average Bonchev–Trinajstić information content (AvgIpc) is 2.44. The smallest absolute Gasteiger partial charge is 0.190 e. The predicted octanol–water partition coefficient (Wildman–Crippen LogP) is 3.33. The van der Waals surface area contributed by atoms with Gasteiger partial charge in [0.1, 0.15) is 0 Å². The summed E-state index contributed by atoms with van der Waals surface area (Å²) in [5.41, 5.74) is 0.